The Morgan fingerprint density at radius 2 is 1.50 bits per heavy atom. The summed E-state index contributed by atoms with van der Waals surface area (Å²) in [7, 11) is 0. The molecule has 0 unspecified atom stereocenters. The molecule has 0 aromatic heterocycles. The quantitative estimate of drug-likeness (QED) is 0.605. The van der Waals surface area contributed by atoms with Gasteiger partial charge < -0.3 is 5.11 Å². The molecule has 10 heavy (non-hydrogen) atoms. The van der Waals surface area contributed by atoms with Crippen molar-refractivity contribution < 1.29 is 14.7 Å². The van der Waals surface area contributed by atoms with Gasteiger partial charge in [0.05, 0.1) is 0 Å². The van der Waals surface area contributed by atoms with Gasteiger partial charge in [0.25, 0.3) is 0 Å². The minimum Gasteiger partial charge on any atom is -0.481 e. The van der Waals surface area contributed by atoms with Gasteiger partial charge in [-0.15, -0.1) is 12.6 Å². The van der Waals surface area contributed by atoms with Crippen LogP contribution in [0.5, 0.6) is 0 Å². The van der Waals surface area contributed by atoms with E-state index in [-0.39, 0.29) is 11.5 Å². The molecule has 3 nitrogen and oxygen atoms in total. The molecular weight excluding hydrogens is 152 g/mol. The summed E-state index contributed by atoms with van der Waals surface area (Å²) in [5.74, 6) is -0.745. The third kappa shape index (κ3) is 25.9. The maximum atomic E-state index is 9.68. The summed E-state index contributed by atoms with van der Waals surface area (Å²) < 4.78 is 0. The smallest absolute Gasteiger partial charge is 0.303 e. The average Bonchev–Trinajstić information content (AvgIpc) is 1.89. The zero-order valence-electron chi connectivity index (χ0n) is 6.13. The van der Waals surface area contributed by atoms with Gasteiger partial charge in [-0.05, 0) is 0 Å². The van der Waals surface area contributed by atoms with Crippen molar-refractivity contribution in [3.05, 3.63) is 0 Å². The molecule has 0 bridgehead atoms. The number of hydrogen-bond donors (Lipinski definition) is 2. The Labute approximate surface area is 65.8 Å². The van der Waals surface area contributed by atoms with Crippen molar-refractivity contribution >= 4 is 23.7 Å². The number of carboxylic acids is 1. The highest BCUT2D eigenvalue weighted by atomic mass is 32.1. The summed E-state index contributed by atoms with van der Waals surface area (Å²) in [5.41, 5.74) is 0. The second kappa shape index (κ2) is 8.49. The van der Waals surface area contributed by atoms with E-state index in [1.165, 1.54) is 0 Å². The van der Waals surface area contributed by atoms with Gasteiger partial charge in [-0.2, -0.15) is 0 Å². The summed E-state index contributed by atoms with van der Waals surface area (Å²) in [6.07, 6.45) is 0.753. The molecule has 0 fully saturated rings. The largest absolute Gasteiger partial charge is 0.481 e. The molecular formula is C6H12O3S. The van der Waals surface area contributed by atoms with Gasteiger partial charge in [-0.25, -0.2) is 0 Å². The van der Waals surface area contributed by atoms with E-state index in [1.54, 1.807) is 13.8 Å². The van der Waals surface area contributed by atoms with Crippen LogP contribution in [0.3, 0.4) is 0 Å². The first-order valence-corrected chi connectivity index (χ1v) is 3.42. The molecule has 60 valence electrons. The van der Waals surface area contributed by atoms with Crippen LogP contribution in [0.25, 0.3) is 0 Å². The Hall–Kier alpha value is -0.510. The first-order chi connectivity index (χ1) is 4.54. The van der Waals surface area contributed by atoms with Gasteiger partial charge in [-0.3, -0.25) is 9.59 Å². The monoisotopic (exact) mass is 164 g/mol. The van der Waals surface area contributed by atoms with Crippen molar-refractivity contribution in [3.8, 4) is 0 Å². The fraction of sp³-hybridized carbons (Fsp3) is 0.667. The van der Waals surface area contributed by atoms with Crippen molar-refractivity contribution in [2.24, 2.45) is 0 Å². The van der Waals surface area contributed by atoms with Crippen LogP contribution < -0.4 is 0 Å². The molecule has 0 aliphatic heterocycles. The lowest BCUT2D eigenvalue weighted by Gasteiger charge is -1.71. The second-order valence-corrected chi connectivity index (χ2v) is 1.99. The molecule has 0 radical (unpaired) electrons. The minimum absolute atomic E-state index is 0.0509. The average molecular weight is 164 g/mol. The minimum atomic E-state index is -0.745. The number of carbonyl (C=O) groups is 2. The number of hydrogen-bond acceptors (Lipinski definition) is 2. The SMILES string of the molecule is CCC(=O)O.CCC(=O)S. The van der Waals surface area contributed by atoms with E-state index >= 15 is 0 Å². The lowest BCUT2D eigenvalue weighted by Crippen LogP contribution is -1.86. The Bertz CT molecular complexity index is 97.6. The first-order valence-electron chi connectivity index (χ1n) is 2.98. The van der Waals surface area contributed by atoms with E-state index in [0.29, 0.717) is 6.42 Å². The summed E-state index contributed by atoms with van der Waals surface area (Å²) in [6, 6.07) is 0. The van der Waals surface area contributed by atoms with Crippen molar-refractivity contribution in [1.29, 1.82) is 0 Å². The molecule has 0 spiro atoms. The van der Waals surface area contributed by atoms with Crippen molar-refractivity contribution in [2.75, 3.05) is 0 Å². The Morgan fingerprint density at radius 1 is 1.30 bits per heavy atom. The second-order valence-electron chi connectivity index (χ2n) is 1.49. The Balaban J connectivity index is 0. The van der Waals surface area contributed by atoms with Gasteiger partial charge in [0, 0.05) is 12.8 Å². The van der Waals surface area contributed by atoms with Crippen LogP contribution in [0.2, 0.25) is 0 Å². The van der Waals surface area contributed by atoms with Crippen LogP contribution >= 0.6 is 12.6 Å². The maximum Gasteiger partial charge on any atom is 0.303 e. The van der Waals surface area contributed by atoms with Crippen molar-refractivity contribution in [2.45, 2.75) is 26.7 Å². The molecule has 1 N–H and O–H groups in total. The van der Waals surface area contributed by atoms with E-state index in [4.69, 9.17) is 5.11 Å². The highest BCUT2D eigenvalue weighted by Gasteiger charge is 1.80. The lowest BCUT2D eigenvalue weighted by molar-refractivity contribution is -0.136. The molecule has 0 heterocycles. The summed E-state index contributed by atoms with van der Waals surface area (Å²) in [5, 5.41) is 7.67. The van der Waals surface area contributed by atoms with Crippen LogP contribution in [-0.2, 0) is 9.59 Å². The van der Waals surface area contributed by atoms with E-state index < -0.39 is 5.97 Å². The third-order valence-corrected chi connectivity index (χ3v) is 0.921. The number of carboxylic acid groups (broad SMARTS) is 1. The van der Waals surface area contributed by atoms with Gasteiger partial charge in [-0.1, -0.05) is 13.8 Å². The number of rotatable bonds is 2. The molecule has 0 atom stereocenters. The lowest BCUT2D eigenvalue weighted by atomic mass is 10.5. The topological polar surface area (TPSA) is 54.4 Å². The zero-order valence-corrected chi connectivity index (χ0v) is 7.02. The van der Waals surface area contributed by atoms with Crippen LogP contribution in [0, 0.1) is 0 Å². The summed E-state index contributed by atoms with van der Waals surface area (Å²) >= 11 is 3.46. The molecule has 4 heteroatoms. The molecule has 0 aromatic carbocycles. The fourth-order valence-corrected chi connectivity index (χ4v) is 0. The van der Waals surface area contributed by atoms with E-state index in [2.05, 4.69) is 12.6 Å². The van der Waals surface area contributed by atoms with Gasteiger partial charge in [0.2, 0.25) is 0 Å². The third-order valence-electron chi connectivity index (χ3n) is 0.605. The first kappa shape index (κ1) is 12.2. The molecule has 0 aliphatic rings. The summed E-state index contributed by atoms with van der Waals surface area (Å²) in [4.78, 5) is 19.0. The van der Waals surface area contributed by atoms with E-state index in [9.17, 15) is 9.59 Å². The zero-order chi connectivity index (χ0) is 8.57. The van der Waals surface area contributed by atoms with Crippen molar-refractivity contribution in [3.63, 3.8) is 0 Å². The van der Waals surface area contributed by atoms with Gasteiger partial charge >= 0.3 is 5.97 Å². The number of carbonyl (C=O) groups excluding carboxylic acids is 1. The summed E-state index contributed by atoms with van der Waals surface area (Å²) in [6.45, 7) is 3.37. The maximum absolute atomic E-state index is 9.68. The van der Waals surface area contributed by atoms with E-state index in [1.807, 2.05) is 0 Å². The molecule has 0 amide bonds. The van der Waals surface area contributed by atoms with Crippen LogP contribution in [0.15, 0.2) is 0 Å². The molecule has 0 aromatic rings. The standard InChI is InChI=1S/C3H6O2.C3H6OS/c2*1-2-3(4)5/h2*2H2,1H3,(H,4,5). The molecule has 0 rings (SSSR count). The highest BCUT2D eigenvalue weighted by molar-refractivity contribution is 7.96. The predicted molar refractivity (Wildman–Crippen MR) is 42.2 cm³/mol. The van der Waals surface area contributed by atoms with E-state index in [0.717, 1.165) is 0 Å². The molecule has 0 saturated carbocycles. The molecule has 0 aliphatic carbocycles. The van der Waals surface area contributed by atoms with Crippen molar-refractivity contribution in [1.82, 2.24) is 0 Å². The Morgan fingerprint density at radius 3 is 1.50 bits per heavy atom. The highest BCUT2D eigenvalue weighted by Crippen LogP contribution is 1.80. The number of aliphatic carboxylic acids is 1. The Kier molecular flexibility index (Phi) is 10.4. The number of thiol groups is 1. The molecule has 0 saturated heterocycles. The van der Waals surface area contributed by atoms with Crippen LogP contribution in [0.4, 0.5) is 0 Å². The van der Waals surface area contributed by atoms with Gasteiger partial charge in [0.15, 0.2) is 5.12 Å². The predicted octanol–water partition coefficient (Wildman–Crippen LogP) is 1.33. The van der Waals surface area contributed by atoms with Crippen LogP contribution in [-0.4, -0.2) is 16.2 Å². The fourth-order valence-electron chi connectivity index (χ4n) is 0. The van der Waals surface area contributed by atoms with Crippen LogP contribution in [0.1, 0.15) is 26.7 Å². The van der Waals surface area contributed by atoms with Gasteiger partial charge in [0.1, 0.15) is 0 Å². The normalized spacial score (nSPS) is 7.50.